The van der Waals surface area contributed by atoms with Crippen LogP contribution in [0.25, 0.3) is 0 Å². The highest BCUT2D eigenvalue weighted by Crippen LogP contribution is 2.36. The normalized spacial score (nSPS) is 15.2. The van der Waals surface area contributed by atoms with E-state index in [0.29, 0.717) is 36.1 Å². The van der Waals surface area contributed by atoms with Crippen molar-refractivity contribution in [3.8, 4) is 0 Å². The van der Waals surface area contributed by atoms with Crippen LogP contribution >= 0.6 is 11.8 Å². The van der Waals surface area contributed by atoms with Gasteiger partial charge in [0.1, 0.15) is 12.1 Å². The predicted octanol–water partition coefficient (Wildman–Crippen LogP) is 3.49. The molecular weight excluding hydrogens is 449 g/mol. The van der Waals surface area contributed by atoms with Gasteiger partial charge in [0.15, 0.2) is 5.16 Å². The minimum absolute atomic E-state index is 0.172. The van der Waals surface area contributed by atoms with Gasteiger partial charge in [-0.15, -0.1) is 10.2 Å². The van der Waals surface area contributed by atoms with Crippen LogP contribution in [0.3, 0.4) is 0 Å². The van der Waals surface area contributed by atoms with Gasteiger partial charge in [0.05, 0.1) is 9.82 Å². The Kier molecular flexibility index (Phi) is 6.70. The fraction of sp³-hybridized carbons (Fsp3) is 0.318. The van der Waals surface area contributed by atoms with E-state index in [9.17, 15) is 19.3 Å². The van der Waals surface area contributed by atoms with E-state index in [0.717, 1.165) is 17.3 Å². The van der Waals surface area contributed by atoms with Gasteiger partial charge in [0.25, 0.3) is 11.6 Å². The summed E-state index contributed by atoms with van der Waals surface area (Å²) in [5.41, 5.74) is 0.308. The number of ether oxygens (including phenoxy) is 1. The number of nitrogens with zero attached hydrogens (tertiary/aromatic N) is 4. The Bertz CT molecular complexity index is 1180. The van der Waals surface area contributed by atoms with Crippen molar-refractivity contribution in [1.29, 1.82) is 0 Å². The first-order chi connectivity index (χ1) is 15.9. The van der Waals surface area contributed by atoms with Crippen LogP contribution < -0.4 is 5.32 Å². The van der Waals surface area contributed by atoms with Crippen molar-refractivity contribution in [1.82, 2.24) is 20.1 Å². The lowest BCUT2D eigenvalue weighted by molar-refractivity contribution is -0.387. The largest absolute Gasteiger partial charge is 0.381 e. The molecule has 2 heterocycles. The van der Waals surface area contributed by atoms with Gasteiger partial charge in [-0.05, 0) is 54.4 Å². The molecule has 1 aliphatic rings. The fourth-order valence-corrected chi connectivity index (χ4v) is 4.70. The molecule has 1 aromatic heterocycles. The summed E-state index contributed by atoms with van der Waals surface area (Å²) in [6.07, 6.45) is 2.76. The molecule has 0 aliphatic carbocycles. The van der Waals surface area contributed by atoms with E-state index in [1.807, 2.05) is 6.07 Å². The van der Waals surface area contributed by atoms with Crippen LogP contribution in [-0.2, 0) is 17.2 Å². The molecule has 172 valence electrons. The van der Waals surface area contributed by atoms with Crippen LogP contribution in [0.2, 0.25) is 0 Å². The molecule has 1 fully saturated rings. The van der Waals surface area contributed by atoms with Gasteiger partial charge in [-0.1, -0.05) is 12.1 Å². The Labute approximate surface area is 193 Å². The van der Waals surface area contributed by atoms with Crippen molar-refractivity contribution in [2.24, 2.45) is 7.05 Å². The fourth-order valence-electron chi connectivity index (χ4n) is 3.85. The molecule has 4 rings (SSSR count). The molecule has 11 heteroatoms. The van der Waals surface area contributed by atoms with E-state index in [1.165, 1.54) is 30.6 Å². The summed E-state index contributed by atoms with van der Waals surface area (Å²) in [5, 5.41) is 22.7. The third-order valence-electron chi connectivity index (χ3n) is 5.76. The van der Waals surface area contributed by atoms with Crippen LogP contribution in [0.15, 0.2) is 58.8 Å². The van der Waals surface area contributed by atoms with Gasteiger partial charge in [-0.2, -0.15) is 0 Å². The van der Waals surface area contributed by atoms with Crippen LogP contribution in [0.5, 0.6) is 0 Å². The third-order valence-corrected chi connectivity index (χ3v) is 6.88. The van der Waals surface area contributed by atoms with Crippen molar-refractivity contribution in [3.05, 3.63) is 75.9 Å². The number of aromatic nitrogens is 3. The smallest absolute Gasteiger partial charge is 0.284 e. The topological polar surface area (TPSA) is 112 Å². The molecule has 2 aromatic carbocycles. The van der Waals surface area contributed by atoms with Crippen LogP contribution in [0.4, 0.5) is 10.1 Å². The molecule has 9 nitrogen and oxygen atoms in total. The maximum absolute atomic E-state index is 13.9. The quantitative estimate of drug-likeness (QED) is 0.415. The molecule has 1 saturated heterocycles. The van der Waals surface area contributed by atoms with Crippen LogP contribution in [0.1, 0.15) is 28.8 Å². The van der Waals surface area contributed by atoms with Crippen molar-refractivity contribution in [2.75, 3.05) is 19.8 Å². The summed E-state index contributed by atoms with van der Waals surface area (Å²) in [6, 6.07) is 10.7. The first-order valence-electron chi connectivity index (χ1n) is 10.3. The molecule has 0 atom stereocenters. The number of amides is 1. The maximum Gasteiger partial charge on any atom is 0.284 e. The van der Waals surface area contributed by atoms with E-state index in [2.05, 4.69) is 15.5 Å². The summed E-state index contributed by atoms with van der Waals surface area (Å²) in [4.78, 5) is 24.4. The number of hydrogen-bond acceptors (Lipinski definition) is 7. The molecule has 0 spiro atoms. The van der Waals surface area contributed by atoms with E-state index in [-0.39, 0.29) is 23.6 Å². The second-order valence-electron chi connectivity index (χ2n) is 7.85. The van der Waals surface area contributed by atoms with Crippen molar-refractivity contribution in [3.63, 3.8) is 0 Å². The first kappa shape index (κ1) is 22.9. The van der Waals surface area contributed by atoms with Crippen molar-refractivity contribution in [2.45, 2.75) is 28.3 Å². The van der Waals surface area contributed by atoms with E-state index in [4.69, 9.17) is 4.74 Å². The number of rotatable bonds is 7. The number of nitro groups is 1. The number of carbonyl (C=O) groups is 1. The summed E-state index contributed by atoms with van der Waals surface area (Å²) < 4.78 is 21.0. The lowest BCUT2D eigenvalue weighted by Crippen LogP contribution is -2.44. The van der Waals surface area contributed by atoms with Gasteiger partial charge in [-0.25, -0.2) is 4.39 Å². The van der Waals surface area contributed by atoms with Crippen LogP contribution in [0, 0.1) is 15.9 Å². The number of nitrogens with one attached hydrogen (secondary N) is 1. The molecule has 0 bridgehead atoms. The number of nitro benzene ring substituents is 1. The standard InChI is InChI=1S/C22H22FN5O4S/c1-27-14-25-26-21(27)33-19-6-5-15(11-18(19)28(30)31)20(29)24-13-22(7-9-32-10-8-22)16-3-2-4-17(23)12-16/h2-6,11-12,14H,7-10,13H2,1H3,(H,24,29). The van der Waals surface area contributed by atoms with E-state index < -0.39 is 16.2 Å². The molecule has 1 N–H and O–H groups in total. The average Bonchev–Trinajstić information content (AvgIpc) is 3.22. The van der Waals surface area contributed by atoms with E-state index in [1.54, 1.807) is 23.7 Å². The number of hydrogen-bond donors (Lipinski definition) is 1. The minimum Gasteiger partial charge on any atom is -0.381 e. The highest BCUT2D eigenvalue weighted by atomic mass is 32.2. The number of halogens is 1. The maximum atomic E-state index is 13.9. The SMILES string of the molecule is Cn1cnnc1Sc1ccc(C(=O)NCC2(c3cccc(F)c3)CCOCC2)cc1[N+](=O)[O-]. The zero-order valence-electron chi connectivity index (χ0n) is 17.9. The van der Waals surface area contributed by atoms with Gasteiger partial charge in [0, 0.05) is 43.9 Å². The van der Waals surface area contributed by atoms with Gasteiger partial charge < -0.3 is 14.6 Å². The summed E-state index contributed by atoms with van der Waals surface area (Å²) in [7, 11) is 1.74. The number of benzene rings is 2. The molecule has 0 unspecified atom stereocenters. The zero-order chi connectivity index (χ0) is 23.4. The van der Waals surface area contributed by atoms with Gasteiger partial charge >= 0.3 is 0 Å². The summed E-state index contributed by atoms with van der Waals surface area (Å²) >= 11 is 1.10. The third kappa shape index (κ3) is 5.04. The van der Waals surface area contributed by atoms with Crippen molar-refractivity contribution < 1.29 is 18.8 Å². The van der Waals surface area contributed by atoms with Gasteiger partial charge in [0.2, 0.25) is 0 Å². The summed E-state index contributed by atoms with van der Waals surface area (Å²) in [5.74, 6) is -0.771. The molecular formula is C22H22FN5O4S. The molecule has 1 aliphatic heterocycles. The lowest BCUT2D eigenvalue weighted by atomic mass is 9.74. The molecule has 0 radical (unpaired) electrons. The molecule has 3 aromatic rings. The molecule has 33 heavy (non-hydrogen) atoms. The Morgan fingerprint density at radius 3 is 2.76 bits per heavy atom. The Morgan fingerprint density at radius 1 is 1.30 bits per heavy atom. The predicted molar refractivity (Wildman–Crippen MR) is 119 cm³/mol. The zero-order valence-corrected chi connectivity index (χ0v) is 18.7. The monoisotopic (exact) mass is 471 g/mol. The van der Waals surface area contributed by atoms with Crippen molar-refractivity contribution >= 4 is 23.4 Å². The highest BCUT2D eigenvalue weighted by Gasteiger charge is 2.35. The molecule has 1 amide bonds. The lowest BCUT2D eigenvalue weighted by Gasteiger charge is -2.38. The second-order valence-corrected chi connectivity index (χ2v) is 8.86. The number of carbonyl (C=O) groups excluding carboxylic acids is 1. The van der Waals surface area contributed by atoms with E-state index >= 15 is 0 Å². The Morgan fingerprint density at radius 2 is 2.09 bits per heavy atom. The highest BCUT2D eigenvalue weighted by molar-refractivity contribution is 7.99. The Balaban J connectivity index is 1.54. The van der Waals surface area contributed by atoms with Gasteiger partial charge in [-0.3, -0.25) is 14.9 Å². The van der Waals surface area contributed by atoms with Crippen LogP contribution in [-0.4, -0.2) is 45.4 Å². The first-order valence-corrected chi connectivity index (χ1v) is 11.1. The second kappa shape index (κ2) is 9.67. The average molecular weight is 472 g/mol. The number of aryl methyl sites for hydroxylation is 1. The summed E-state index contributed by atoms with van der Waals surface area (Å²) in [6.45, 7) is 1.28. The molecule has 0 saturated carbocycles. The minimum atomic E-state index is -0.526. The Hall–Kier alpha value is -3.31.